The average Bonchev–Trinajstić information content (AvgIpc) is 2.60. The molecule has 1 aliphatic heterocycles. The average molecular weight is 383 g/mol. The Bertz CT molecular complexity index is 807. The van der Waals surface area contributed by atoms with Crippen LogP contribution in [0.2, 0.25) is 0 Å². The molecule has 27 heavy (non-hydrogen) atoms. The quantitative estimate of drug-likeness (QED) is 0.764. The van der Waals surface area contributed by atoms with Crippen LogP contribution in [0.5, 0.6) is 5.75 Å². The van der Waals surface area contributed by atoms with Crippen molar-refractivity contribution in [3.63, 3.8) is 0 Å². The lowest BCUT2D eigenvalue weighted by atomic mass is 9.77. The smallest absolute Gasteiger partial charge is 0.416 e. The highest BCUT2D eigenvalue weighted by Gasteiger charge is 2.40. The van der Waals surface area contributed by atoms with Gasteiger partial charge in [-0.3, -0.25) is 0 Å². The molecule has 1 aliphatic rings. The monoisotopic (exact) mass is 383 g/mol. The van der Waals surface area contributed by atoms with E-state index in [-0.39, 0.29) is 12.5 Å². The van der Waals surface area contributed by atoms with Gasteiger partial charge in [-0.2, -0.15) is 13.2 Å². The van der Waals surface area contributed by atoms with Crippen LogP contribution in [-0.2, 0) is 11.8 Å². The fourth-order valence-electron chi connectivity index (χ4n) is 3.71. The number of halogens is 4. The zero-order valence-electron chi connectivity index (χ0n) is 15.0. The Balaban J connectivity index is 1.90. The van der Waals surface area contributed by atoms with E-state index in [1.54, 1.807) is 12.1 Å². The highest BCUT2D eigenvalue weighted by Crippen LogP contribution is 2.41. The van der Waals surface area contributed by atoms with Crippen LogP contribution in [0, 0.1) is 5.82 Å². The summed E-state index contributed by atoms with van der Waals surface area (Å²) in [6.45, 7) is 1.85. The van der Waals surface area contributed by atoms with Crippen LogP contribution < -0.4 is 10.1 Å². The summed E-state index contributed by atoms with van der Waals surface area (Å²) in [6, 6.07) is 8.38. The van der Waals surface area contributed by atoms with E-state index in [1.807, 2.05) is 6.92 Å². The van der Waals surface area contributed by atoms with E-state index in [0.29, 0.717) is 23.3 Å². The third-order valence-electron chi connectivity index (χ3n) is 5.00. The van der Waals surface area contributed by atoms with Gasteiger partial charge in [0.2, 0.25) is 0 Å². The number of nitrogens with one attached hydrogen (secondary N) is 1. The molecule has 3 nitrogen and oxygen atoms in total. The number of ether oxygens (including phenoxy) is 1. The Kier molecular flexibility index (Phi) is 5.18. The Morgan fingerprint density at radius 2 is 1.78 bits per heavy atom. The van der Waals surface area contributed by atoms with E-state index in [2.05, 4.69) is 5.32 Å². The van der Waals surface area contributed by atoms with E-state index < -0.39 is 29.2 Å². The molecule has 0 saturated carbocycles. The largest absolute Gasteiger partial charge is 0.497 e. The van der Waals surface area contributed by atoms with E-state index >= 15 is 0 Å². The van der Waals surface area contributed by atoms with Crippen molar-refractivity contribution < 1.29 is 27.4 Å². The Labute approximate surface area is 155 Å². The standard InChI is InChI=1S/C20H21F4NO2/c1-12-10-19(26,13-3-5-14(6-4-13)20(22,23)24)11-18(25-12)16-8-7-15(27-2)9-17(16)21/h3-9,12,18,25-26H,10-11H2,1-2H3/t12-,18-,19?/m0/s1. The Morgan fingerprint density at radius 3 is 2.33 bits per heavy atom. The third-order valence-corrected chi connectivity index (χ3v) is 5.00. The topological polar surface area (TPSA) is 41.5 Å². The predicted octanol–water partition coefficient (Wildman–Crippen LogP) is 4.55. The van der Waals surface area contributed by atoms with Crippen molar-refractivity contribution in [2.45, 2.75) is 43.6 Å². The molecule has 3 rings (SSSR count). The molecule has 1 saturated heterocycles. The highest BCUT2D eigenvalue weighted by molar-refractivity contribution is 5.34. The lowest BCUT2D eigenvalue weighted by Crippen LogP contribution is -2.47. The fourth-order valence-corrected chi connectivity index (χ4v) is 3.71. The van der Waals surface area contributed by atoms with Crippen LogP contribution >= 0.6 is 0 Å². The van der Waals surface area contributed by atoms with Crippen molar-refractivity contribution in [2.24, 2.45) is 0 Å². The molecule has 2 aromatic rings. The first kappa shape index (κ1) is 19.6. The molecule has 1 heterocycles. The van der Waals surface area contributed by atoms with Gasteiger partial charge in [0.05, 0.1) is 18.3 Å². The minimum Gasteiger partial charge on any atom is -0.497 e. The Hall–Kier alpha value is -2.12. The molecule has 0 aromatic heterocycles. The Morgan fingerprint density at radius 1 is 1.11 bits per heavy atom. The highest BCUT2D eigenvalue weighted by atomic mass is 19.4. The number of aliphatic hydroxyl groups is 1. The molecule has 146 valence electrons. The van der Waals surface area contributed by atoms with Crippen molar-refractivity contribution in [2.75, 3.05) is 7.11 Å². The van der Waals surface area contributed by atoms with Crippen molar-refractivity contribution in [1.82, 2.24) is 5.32 Å². The lowest BCUT2D eigenvalue weighted by molar-refractivity contribution is -0.137. The van der Waals surface area contributed by atoms with Crippen LogP contribution in [0.25, 0.3) is 0 Å². The molecular formula is C20H21F4NO2. The van der Waals surface area contributed by atoms with Crippen molar-refractivity contribution in [1.29, 1.82) is 0 Å². The molecule has 0 amide bonds. The summed E-state index contributed by atoms with van der Waals surface area (Å²) < 4.78 is 57.8. The maximum atomic E-state index is 14.5. The van der Waals surface area contributed by atoms with Gasteiger partial charge in [0, 0.05) is 23.7 Å². The summed E-state index contributed by atoms with van der Waals surface area (Å²) >= 11 is 0. The van der Waals surface area contributed by atoms with Crippen molar-refractivity contribution in [3.8, 4) is 5.75 Å². The third kappa shape index (κ3) is 4.09. The number of alkyl halides is 3. The first-order valence-electron chi connectivity index (χ1n) is 8.62. The molecule has 7 heteroatoms. The van der Waals surface area contributed by atoms with Gasteiger partial charge in [0.15, 0.2) is 0 Å². The van der Waals surface area contributed by atoms with Gasteiger partial charge in [-0.25, -0.2) is 4.39 Å². The van der Waals surface area contributed by atoms with E-state index in [0.717, 1.165) is 12.1 Å². The molecule has 3 atom stereocenters. The normalized spacial score (nSPS) is 26.0. The molecule has 2 N–H and O–H groups in total. The van der Waals surface area contributed by atoms with Gasteiger partial charge < -0.3 is 15.2 Å². The number of methoxy groups -OCH3 is 1. The van der Waals surface area contributed by atoms with E-state index in [1.165, 1.54) is 25.3 Å². The maximum absolute atomic E-state index is 14.5. The van der Waals surface area contributed by atoms with Crippen LogP contribution in [0.4, 0.5) is 17.6 Å². The van der Waals surface area contributed by atoms with Gasteiger partial charge in [-0.1, -0.05) is 18.2 Å². The minimum atomic E-state index is -4.43. The minimum absolute atomic E-state index is 0.145. The zero-order chi connectivity index (χ0) is 19.8. The van der Waals surface area contributed by atoms with Gasteiger partial charge in [-0.15, -0.1) is 0 Å². The number of rotatable bonds is 3. The molecule has 0 bridgehead atoms. The molecule has 1 unspecified atom stereocenters. The summed E-state index contributed by atoms with van der Waals surface area (Å²) in [6.07, 6.45) is -3.98. The molecular weight excluding hydrogens is 362 g/mol. The van der Waals surface area contributed by atoms with Crippen molar-refractivity contribution >= 4 is 0 Å². The second-order valence-electron chi connectivity index (χ2n) is 7.02. The molecule has 0 radical (unpaired) electrons. The summed E-state index contributed by atoms with van der Waals surface area (Å²) in [5, 5.41) is 14.4. The first-order chi connectivity index (χ1) is 12.6. The first-order valence-corrected chi connectivity index (χ1v) is 8.62. The number of benzene rings is 2. The predicted molar refractivity (Wildman–Crippen MR) is 92.9 cm³/mol. The van der Waals surface area contributed by atoms with Crippen LogP contribution in [0.1, 0.15) is 42.5 Å². The van der Waals surface area contributed by atoms with E-state index in [9.17, 15) is 22.7 Å². The lowest BCUT2D eigenvalue weighted by Gasteiger charge is -2.41. The fraction of sp³-hybridized carbons (Fsp3) is 0.400. The molecule has 2 aromatic carbocycles. The molecule has 1 fully saturated rings. The van der Waals surface area contributed by atoms with Crippen LogP contribution in [0.3, 0.4) is 0 Å². The summed E-state index contributed by atoms with van der Waals surface area (Å²) in [4.78, 5) is 0. The van der Waals surface area contributed by atoms with Gasteiger partial charge in [-0.05, 0) is 43.5 Å². The van der Waals surface area contributed by atoms with Crippen molar-refractivity contribution in [3.05, 3.63) is 65.0 Å². The van der Waals surface area contributed by atoms with Crippen LogP contribution in [-0.4, -0.2) is 18.3 Å². The number of piperidine rings is 1. The van der Waals surface area contributed by atoms with Gasteiger partial charge in [0.25, 0.3) is 0 Å². The number of hydrogen-bond donors (Lipinski definition) is 2. The zero-order valence-corrected chi connectivity index (χ0v) is 15.0. The van der Waals surface area contributed by atoms with Gasteiger partial charge >= 0.3 is 6.18 Å². The second kappa shape index (κ2) is 7.13. The van der Waals surface area contributed by atoms with E-state index in [4.69, 9.17) is 4.74 Å². The van der Waals surface area contributed by atoms with Crippen LogP contribution in [0.15, 0.2) is 42.5 Å². The van der Waals surface area contributed by atoms with Gasteiger partial charge in [0.1, 0.15) is 11.6 Å². The summed E-state index contributed by atoms with van der Waals surface area (Å²) in [7, 11) is 1.44. The molecule has 0 spiro atoms. The summed E-state index contributed by atoms with van der Waals surface area (Å²) in [5.41, 5.74) is -1.35. The SMILES string of the molecule is COc1ccc([C@@H]2CC(O)(c3ccc(C(F)(F)F)cc3)C[C@H](C)N2)c(F)c1. The summed E-state index contributed by atoms with van der Waals surface area (Å²) in [5.74, 6) is -0.0752. The second-order valence-corrected chi connectivity index (χ2v) is 7.02. The molecule has 0 aliphatic carbocycles. The maximum Gasteiger partial charge on any atom is 0.416 e. The number of hydrogen-bond acceptors (Lipinski definition) is 3.